The minimum Gasteiger partial charge on any atom is -0.493 e. The zero-order valence-corrected chi connectivity index (χ0v) is 20.3. The number of amides is 2. The standard InChI is InChI=1S/C28H28N2O4/c1-16-10-12-21(18(3)14-16)25-26(29-20-11-13-23(33-5)24(15-20)34-6)28(32)30(27(25)31)22-9-7-8-17(2)19(22)4/h7-15,29H,1-6H3. The first kappa shape index (κ1) is 23.1. The maximum absolute atomic E-state index is 13.8. The van der Waals surface area contributed by atoms with E-state index in [9.17, 15) is 9.59 Å². The Morgan fingerprint density at radius 1 is 0.765 bits per heavy atom. The lowest BCUT2D eigenvalue weighted by Gasteiger charge is -2.19. The summed E-state index contributed by atoms with van der Waals surface area (Å²) in [7, 11) is 3.11. The van der Waals surface area contributed by atoms with Crippen LogP contribution < -0.4 is 19.7 Å². The normalized spacial score (nSPS) is 13.5. The molecule has 1 aliphatic heterocycles. The molecule has 0 aromatic heterocycles. The van der Waals surface area contributed by atoms with E-state index in [-0.39, 0.29) is 11.6 Å². The molecule has 3 aromatic rings. The third-order valence-corrected chi connectivity index (χ3v) is 6.20. The molecular weight excluding hydrogens is 428 g/mol. The number of hydrogen-bond donors (Lipinski definition) is 1. The van der Waals surface area contributed by atoms with Gasteiger partial charge < -0.3 is 14.8 Å². The third kappa shape index (κ3) is 3.92. The number of benzene rings is 3. The highest BCUT2D eigenvalue weighted by molar-refractivity contribution is 6.46. The Hall–Kier alpha value is -4.06. The van der Waals surface area contributed by atoms with Gasteiger partial charge in [-0.25, -0.2) is 4.90 Å². The zero-order chi connectivity index (χ0) is 24.6. The summed E-state index contributed by atoms with van der Waals surface area (Å²) in [5.41, 5.74) is 6.39. The van der Waals surface area contributed by atoms with Gasteiger partial charge in [0.05, 0.1) is 25.5 Å². The van der Waals surface area contributed by atoms with Crippen LogP contribution in [0.3, 0.4) is 0 Å². The van der Waals surface area contributed by atoms with Crippen molar-refractivity contribution < 1.29 is 19.1 Å². The average molecular weight is 457 g/mol. The molecule has 1 aliphatic rings. The van der Waals surface area contributed by atoms with Crippen LogP contribution in [-0.2, 0) is 9.59 Å². The fourth-order valence-corrected chi connectivity index (χ4v) is 4.24. The van der Waals surface area contributed by atoms with Gasteiger partial charge in [0, 0.05) is 11.8 Å². The lowest BCUT2D eigenvalue weighted by molar-refractivity contribution is -0.120. The van der Waals surface area contributed by atoms with Crippen LogP contribution in [0.2, 0.25) is 0 Å². The Morgan fingerprint density at radius 2 is 1.50 bits per heavy atom. The fraction of sp³-hybridized carbons (Fsp3) is 0.214. The second-order valence-corrected chi connectivity index (χ2v) is 8.43. The molecule has 0 unspecified atom stereocenters. The van der Waals surface area contributed by atoms with Gasteiger partial charge in [-0.05, 0) is 68.1 Å². The molecule has 4 rings (SSSR count). The summed E-state index contributed by atoms with van der Waals surface area (Å²) >= 11 is 0. The van der Waals surface area contributed by atoms with Gasteiger partial charge in [-0.2, -0.15) is 0 Å². The Bertz CT molecular complexity index is 1340. The van der Waals surface area contributed by atoms with Crippen LogP contribution in [0.5, 0.6) is 11.5 Å². The number of carbonyl (C=O) groups excluding carboxylic acids is 2. The molecule has 34 heavy (non-hydrogen) atoms. The number of imide groups is 1. The minimum atomic E-state index is -0.400. The number of nitrogens with one attached hydrogen (secondary N) is 1. The SMILES string of the molecule is COc1ccc(NC2=C(c3ccc(C)cc3C)C(=O)N(c3cccc(C)c3C)C2=O)cc1OC. The molecule has 0 atom stereocenters. The number of hydrogen-bond acceptors (Lipinski definition) is 5. The van der Waals surface area contributed by atoms with Crippen LogP contribution in [0.1, 0.15) is 27.8 Å². The molecule has 3 aromatic carbocycles. The summed E-state index contributed by atoms with van der Waals surface area (Å²) in [5.74, 6) is 0.337. The van der Waals surface area contributed by atoms with E-state index in [0.717, 1.165) is 27.8 Å². The number of methoxy groups -OCH3 is 2. The van der Waals surface area contributed by atoms with Crippen LogP contribution in [0.4, 0.5) is 11.4 Å². The van der Waals surface area contributed by atoms with Crippen LogP contribution >= 0.6 is 0 Å². The second-order valence-electron chi connectivity index (χ2n) is 8.43. The number of anilines is 2. The molecular formula is C28H28N2O4. The third-order valence-electron chi connectivity index (χ3n) is 6.20. The van der Waals surface area contributed by atoms with Crippen molar-refractivity contribution in [2.45, 2.75) is 27.7 Å². The van der Waals surface area contributed by atoms with Gasteiger partial charge in [0.15, 0.2) is 11.5 Å². The van der Waals surface area contributed by atoms with E-state index in [2.05, 4.69) is 5.32 Å². The molecule has 2 amide bonds. The Kier molecular flexibility index (Phi) is 6.16. The van der Waals surface area contributed by atoms with E-state index in [1.807, 2.05) is 58.0 Å². The predicted octanol–water partition coefficient (Wildman–Crippen LogP) is 5.33. The summed E-state index contributed by atoms with van der Waals surface area (Å²) in [6.45, 7) is 7.83. The number of aryl methyl sites for hydroxylation is 3. The summed E-state index contributed by atoms with van der Waals surface area (Å²) in [4.78, 5) is 28.8. The lowest BCUT2D eigenvalue weighted by atomic mass is 9.97. The number of carbonyl (C=O) groups is 2. The first-order valence-corrected chi connectivity index (χ1v) is 11.0. The molecule has 0 saturated heterocycles. The zero-order valence-electron chi connectivity index (χ0n) is 20.3. The minimum absolute atomic E-state index is 0.227. The van der Waals surface area contributed by atoms with Gasteiger partial charge in [-0.1, -0.05) is 35.9 Å². The van der Waals surface area contributed by atoms with Crippen molar-refractivity contribution in [3.8, 4) is 11.5 Å². The van der Waals surface area contributed by atoms with Crippen LogP contribution in [0.25, 0.3) is 5.57 Å². The first-order valence-electron chi connectivity index (χ1n) is 11.0. The molecule has 0 aliphatic carbocycles. The van der Waals surface area contributed by atoms with Crippen molar-refractivity contribution in [3.05, 3.63) is 88.1 Å². The topological polar surface area (TPSA) is 67.9 Å². The van der Waals surface area contributed by atoms with E-state index in [0.29, 0.717) is 28.4 Å². The van der Waals surface area contributed by atoms with Gasteiger partial charge in [0.25, 0.3) is 11.8 Å². The molecule has 0 spiro atoms. The van der Waals surface area contributed by atoms with Crippen molar-refractivity contribution in [2.75, 3.05) is 24.4 Å². The van der Waals surface area contributed by atoms with Gasteiger partial charge in [-0.15, -0.1) is 0 Å². The van der Waals surface area contributed by atoms with E-state index >= 15 is 0 Å². The van der Waals surface area contributed by atoms with E-state index in [1.165, 1.54) is 4.90 Å². The Labute approximate surface area is 199 Å². The van der Waals surface area contributed by atoms with Gasteiger partial charge >= 0.3 is 0 Å². The summed E-state index contributed by atoms with van der Waals surface area (Å²) in [6, 6.07) is 16.7. The number of ether oxygens (including phenoxy) is 2. The highest BCUT2D eigenvalue weighted by Gasteiger charge is 2.41. The quantitative estimate of drug-likeness (QED) is 0.508. The van der Waals surface area contributed by atoms with Crippen molar-refractivity contribution in [3.63, 3.8) is 0 Å². The molecule has 6 heteroatoms. The van der Waals surface area contributed by atoms with Gasteiger partial charge in [0.2, 0.25) is 0 Å². The molecule has 0 saturated carbocycles. The highest BCUT2D eigenvalue weighted by atomic mass is 16.5. The maximum Gasteiger partial charge on any atom is 0.282 e. The molecule has 0 radical (unpaired) electrons. The second kappa shape index (κ2) is 9.06. The van der Waals surface area contributed by atoms with Crippen LogP contribution in [0, 0.1) is 27.7 Å². The van der Waals surface area contributed by atoms with Crippen molar-refractivity contribution in [2.24, 2.45) is 0 Å². The molecule has 6 nitrogen and oxygen atoms in total. The van der Waals surface area contributed by atoms with Crippen molar-refractivity contribution >= 4 is 28.8 Å². The summed E-state index contributed by atoms with van der Waals surface area (Å²) < 4.78 is 10.7. The van der Waals surface area contributed by atoms with Crippen molar-refractivity contribution in [1.82, 2.24) is 0 Å². The fourth-order valence-electron chi connectivity index (χ4n) is 4.24. The smallest absolute Gasteiger partial charge is 0.282 e. The predicted molar refractivity (Wildman–Crippen MR) is 134 cm³/mol. The molecule has 0 bridgehead atoms. The monoisotopic (exact) mass is 456 g/mol. The number of rotatable bonds is 6. The van der Waals surface area contributed by atoms with E-state index < -0.39 is 5.91 Å². The number of nitrogens with zero attached hydrogens (tertiary/aromatic N) is 1. The van der Waals surface area contributed by atoms with Crippen molar-refractivity contribution in [1.29, 1.82) is 0 Å². The lowest BCUT2D eigenvalue weighted by Crippen LogP contribution is -2.33. The summed E-state index contributed by atoms with van der Waals surface area (Å²) in [6.07, 6.45) is 0. The molecule has 1 heterocycles. The molecule has 0 fully saturated rings. The maximum atomic E-state index is 13.8. The van der Waals surface area contributed by atoms with E-state index in [1.54, 1.807) is 38.5 Å². The Balaban J connectivity index is 1.88. The van der Waals surface area contributed by atoms with E-state index in [4.69, 9.17) is 9.47 Å². The van der Waals surface area contributed by atoms with Crippen LogP contribution in [0.15, 0.2) is 60.3 Å². The first-order chi connectivity index (χ1) is 16.3. The summed E-state index contributed by atoms with van der Waals surface area (Å²) in [5, 5.41) is 3.20. The average Bonchev–Trinajstić information content (AvgIpc) is 3.05. The highest BCUT2D eigenvalue weighted by Crippen LogP contribution is 2.38. The largest absolute Gasteiger partial charge is 0.493 e. The Morgan fingerprint density at radius 3 is 2.18 bits per heavy atom. The van der Waals surface area contributed by atoms with Gasteiger partial charge in [0.1, 0.15) is 5.70 Å². The molecule has 1 N–H and O–H groups in total. The van der Waals surface area contributed by atoms with Gasteiger partial charge in [-0.3, -0.25) is 9.59 Å². The van der Waals surface area contributed by atoms with Crippen LogP contribution in [-0.4, -0.2) is 26.0 Å². The molecule has 174 valence electrons.